The van der Waals surface area contributed by atoms with Crippen LogP contribution in [0.15, 0.2) is 0 Å². The number of carboxylic acids is 1. The van der Waals surface area contributed by atoms with Gasteiger partial charge in [-0.15, -0.1) is 0 Å². The van der Waals surface area contributed by atoms with Crippen molar-refractivity contribution >= 4 is 5.97 Å². The van der Waals surface area contributed by atoms with E-state index in [1.807, 2.05) is 0 Å². The zero-order valence-electron chi connectivity index (χ0n) is 29.1. The molecule has 0 saturated carbocycles. The summed E-state index contributed by atoms with van der Waals surface area (Å²) in [5.74, 6) is -1.86. The van der Waals surface area contributed by atoms with Crippen LogP contribution in [0.2, 0.25) is 0 Å². The Hall–Kier alpha value is -1.45. The smallest absolute Gasteiger partial charge is 0.335 e. The van der Waals surface area contributed by atoms with Crippen molar-refractivity contribution < 1.29 is 124 Å². The molecule has 0 amide bonds. The Balaban J connectivity index is 1.48. The van der Waals surface area contributed by atoms with Crippen molar-refractivity contribution in [3.05, 3.63) is 0 Å². The van der Waals surface area contributed by atoms with Crippen LogP contribution in [-0.2, 0) is 47.4 Å². The molecule has 0 aromatic heterocycles. The van der Waals surface area contributed by atoms with Crippen LogP contribution in [-0.4, -0.2) is 249 Å². The van der Waals surface area contributed by atoms with Crippen molar-refractivity contribution in [2.75, 3.05) is 13.2 Å². The molecule has 15 N–H and O–H groups in total. The summed E-state index contributed by atoms with van der Waals surface area (Å²) in [4.78, 5) is 12.6. The van der Waals surface area contributed by atoms with Gasteiger partial charge in [0, 0.05) is 0 Å². The Morgan fingerprint density at radius 3 is 1.33 bits per heavy atom. The molecule has 25 atom stereocenters. The highest BCUT2D eigenvalue weighted by molar-refractivity contribution is 5.73. The number of hydrogen-bond acceptors (Lipinski definition) is 24. The van der Waals surface area contributed by atoms with Crippen LogP contribution < -0.4 is 0 Å². The average Bonchev–Trinajstić information content (AvgIpc) is 3.15. The monoisotopic (exact) mass is 810 g/mol. The summed E-state index contributed by atoms with van der Waals surface area (Å²) in [5, 5.41) is 157. The van der Waals surface area contributed by atoms with Gasteiger partial charge in [0.2, 0.25) is 0 Å². The molecule has 0 spiro atoms. The second-order valence-electron chi connectivity index (χ2n) is 14.0. The maximum Gasteiger partial charge on any atom is 0.335 e. The van der Waals surface area contributed by atoms with Gasteiger partial charge in [-0.05, 0) is 13.8 Å². The van der Waals surface area contributed by atoms with Crippen molar-refractivity contribution in [3.8, 4) is 0 Å². The number of ether oxygens (including phenoxy) is 9. The van der Waals surface area contributed by atoms with E-state index in [9.17, 15) is 81.4 Å². The lowest BCUT2D eigenvalue weighted by Crippen LogP contribution is -2.69. The number of aliphatic hydroxyl groups is 14. The second-order valence-corrected chi connectivity index (χ2v) is 14.0. The zero-order chi connectivity index (χ0) is 40.8. The molecule has 0 radical (unpaired) electrons. The van der Waals surface area contributed by atoms with E-state index in [1.54, 1.807) is 0 Å². The molecule has 55 heavy (non-hydrogen) atoms. The molecule has 0 bridgehead atoms. The number of aliphatic hydroxyl groups excluding tert-OH is 14. The molecule has 1 unspecified atom stereocenters. The minimum Gasteiger partial charge on any atom is -0.479 e. The first-order valence-corrected chi connectivity index (χ1v) is 17.3. The molecule has 5 rings (SSSR count). The predicted molar refractivity (Wildman–Crippen MR) is 164 cm³/mol. The van der Waals surface area contributed by atoms with Crippen molar-refractivity contribution in [2.45, 2.75) is 167 Å². The van der Waals surface area contributed by atoms with Crippen LogP contribution in [0.5, 0.6) is 0 Å². The number of carbonyl (C=O) groups is 1. The van der Waals surface area contributed by atoms with Crippen LogP contribution in [0.25, 0.3) is 0 Å². The van der Waals surface area contributed by atoms with Gasteiger partial charge in [-0.1, -0.05) is 0 Å². The highest BCUT2D eigenvalue weighted by Crippen LogP contribution is 2.37. The van der Waals surface area contributed by atoms with Crippen LogP contribution in [0, 0.1) is 0 Å². The predicted octanol–water partition coefficient (Wildman–Crippen LogP) is -9.78. The summed E-state index contributed by atoms with van der Waals surface area (Å²) < 4.78 is 49.9. The molecule has 320 valence electrons. The molecule has 0 aromatic rings. The van der Waals surface area contributed by atoms with E-state index < -0.39 is 173 Å². The molecule has 5 fully saturated rings. The minimum absolute atomic E-state index is 0.842. The van der Waals surface area contributed by atoms with Crippen molar-refractivity contribution in [1.82, 2.24) is 0 Å². The Kier molecular flexibility index (Phi) is 14.8. The van der Waals surface area contributed by atoms with E-state index in [-0.39, 0.29) is 0 Å². The lowest BCUT2D eigenvalue weighted by Gasteiger charge is -2.50. The maximum absolute atomic E-state index is 12.6. The van der Waals surface area contributed by atoms with E-state index in [2.05, 4.69) is 0 Å². The summed E-state index contributed by atoms with van der Waals surface area (Å²) >= 11 is 0. The third-order valence-corrected chi connectivity index (χ3v) is 10.2. The van der Waals surface area contributed by atoms with Gasteiger partial charge >= 0.3 is 5.97 Å². The Morgan fingerprint density at radius 2 is 0.836 bits per heavy atom. The molecule has 5 heterocycles. The minimum atomic E-state index is -2.31. The Bertz CT molecular complexity index is 1250. The fourth-order valence-corrected chi connectivity index (χ4v) is 6.83. The Labute approximate surface area is 310 Å². The van der Waals surface area contributed by atoms with E-state index in [0.717, 1.165) is 0 Å². The standard InChI is InChI=1S/C30H50O25/c1-5-9(33)13(37)17(41)27(47-5)51-20-19(43)23(53-28-18(42)14(38)10(34)6(2)48-28)30(55-24(20)25(44)45)54-22-16(40)12(36)8(4-32)50-29(22)52-21-15(39)11(35)7(3-31)49-26(21)46/h5-24,26-43,46H,3-4H2,1-2H3,(H,44,45)/t5-,6-,7-,8-,9-,10-,11-,12-,13+,14+,15+,16+,17+,18+,19+,20+,21+,22+,23-,24+,26?,27-,28-,29-,30+/m1/s1. The lowest BCUT2D eigenvalue weighted by molar-refractivity contribution is -0.409. The van der Waals surface area contributed by atoms with Gasteiger partial charge in [0.25, 0.3) is 0 Å². The summed E-state index contributed by atoms with van der Waals surface area (Å²) in [5.41, 5.74) is 0. The van der Waals surface area contributed by atoms with E-state index in [0.29, 0.717) is 0 Å². The molecule has 0 aromatic carbocycles. The molecular formula is C30H50O25. The topological polar surface area (TPSA) is 404 Å². The third kappa shape index (κ3) is 8.94. The summed E-state index contributed by atoms with van der Waals surface area (Å²) in [6, 6.07) is 0. The number of hydrogen-bond donors (Lipinski definition) is 15. The van der Waals surface area contributed by atoms with E-state index in [4.69, 9.17) is 42.6 Å². The van der Waals surface area contributed by atoms with Crippen molar-refractivity contribution in [2.24, 2.45) is 0 Å². The van der Waals surface area contributed by atoms with Gasteiger partial charge in [0.1, 0.15) is 104 Å². The summed E-state index contributed by atoms with van der Waals surface area (Å²) in [7, 11) is 0. The third-order valence-electron chi connectivity index (χ3n) is 10.2. The SMILES string of the molecule is C[C@H]1O[C@H](O[C@H]2[C@@H](O[C@@H]3[C@@H](O[C@@H]4C(O)O[C@H](CO)[C@@H](O)[C@@H]4O)O[C@H](CO)[C@@H](O)[C@@H]3O)O[C@H](C(=O)O)[C@@H](O[C@H]3O[C@H](C)[C@@H](O)[C@H](O)[C@@H]3O)[C@@H]2O)[C@@H](O)[C@@H](O)[C@@H]1O. The van der Waals surface area contributed by atoms with Crippen LogP contribution in [0.4, 0.5) is 0 Å². The molecule has 5 saturated heterocycles. The molecule has 5 aliphatic heterocycles. The quantitative estimate of drug-likeness (QED) is 0.0921. The fraction of sp³-hybridized carbons (Fsp3) is 0.967. The van der Waals surface area contributed by atoms with Crippen LogP contribution in [0.1, 0.15) is 13.8 Å². The van der Waals surface area contributed by atoms with E-state index in [1.165, 1.54) is 13.8 Å². The second kappa shape index (κ2) is 18.2. The summed E-state index contributed by atoms with van der Waals surface area (Å²) in [6.07, 6.45) is -47.9. The van der Waals surface area contributed by atoms with E-state index >= 15 is 0 Å². The number of carboxylic acid groups (broad SMARTS) is 1. The highest BCUT2D eigenvalue weighted by Gasteiger charge is 2.58. The maximum atomic E-state index is 12.6. The van der Waals surface area contributed by atoms with Gasteiger partial charge in [-0.25, -0.2) is 4.79 Å². The first kappa shape index (κ1) is 44.6. The highest BCUT2D eigenvalue weighted by atomic mass is 16.8. The molecule has 25 heteroatoms. The molecule has 0 aliphatic carbocycles. The lowest BCUT2D eigenvalue weighted by atomic mass is 9.95. The molecular weight excluding hydrogens is 760 g/mol. The van der Waals surface area contributed by atoms with Crippen LogP contribution >= 0.6 is 0 Å². The van der Waals surface area contributed by atoms with Gasteiger partial charge in [0.05, 0.1) is 25.4 Å². The largest absolute Gasteiger partial charge is 0.479 e. The first-order chi connectivity index (χ1) is 25.8. The molecule has 5 aliphatic rings. The fourth-order valence-electron chi connectivity index (χ4n) is 6.83. The van der Waals surface area contributed by atoms with Crippen molar-refractivity contribution in [3.63, 3.8) is 0 Å². The zero-order valence-corrected chi connectivity index (χ0v) is 29.1. The van der Waals surface area contributed by atoms with Gasteiger partial charge < -0.3 is 119 Å². The van der Waals surface area contributed by atoms with Gasteiger partial charge in [-0.2, -0.15) is 0 Å². The Morgan fingerprint density at radius 1 is 0.436 bits per heavy atom. The number of aliphatic carboxylic acids is 1. The normalized spacial score (nSPS) is 53.9. The van der Waals surface area contributed by atoms with Crippen molar-refractivity contribution in [1.29, 1.82) is 0 Å². The summed E-state index contributed by atoms with van der Waals surface area (Å²) in [6.45, 7) is 0.761. The van der Waals surface area contributed by atoms with Gasteiger partial charge in [-0.3, -0.25) is 0 Å². The van der Waals surface area contributed by atoms with Gasteiger partial charge in [0.15, 0.2) is 37.6 Å². The van der Waals surface area contributed by atoms with Crippen LogP contribution in [0.3, 0.4) is 0 Å². The average molecular weight is 811 g/mol. The number of rotatable bonds is 11. The molecule has 25 nitrogen and oxygen atoms in total. The first-order valence-electron chi connectivity index (χ1n) is 17.3.